The van der Waals surface area contributed by atoms with E-state index in [0.29, 0.717) is 6.54 Å². The van der Waals surface area contributed by atoms with Crippen molar-refractivity contribution >= 4 is 0 Å². The van der Waals surface area contributed by atoms with E-state index in [1.54, 1.807) is 0 Å². The highest BCUT2D eigenvalue weighted by atomic mass is 19.3. The first-order chi connectivity index (χ1) is 7.24. The van der Waals surface area contributed by atoms with Gasteiger partial charge in [-0.15, -0.1) is 0 Å². The van der Waals surface area contributed by atoms with E-state index in [0.717, 1.165) is 19.3 Å². The monoisotopic (exact) mass is 218 g/mol. The molecule has 0 aromatic carbocycles. The molecule has 1 fully saturated rings. The molecule has 2 atom stereocenters. The Labute approximate surface area is 88.4 Å². The molecular formula is C10H16F2N2O. The van der Waals surface area contributed by atoms with Gasteiger partial charge in [0.15, 0.2) is 0 Å². The van der Waals surface area contributed by atoms with E-state index in [1.165, 1.54) is 0 Å². The summed E-state index contributed by atoms with van der Waals surface area (Å²) in [6, 6.07) is 2.46. The number of halogens is 2. The number of hydrogen-bond donors (Lipinski definition) is 1. The Morgan fingerprint density at radius 3 is 2.93 bits per heavy atom. The topological polar surface area (TPSA) is 45.0 Å². The molecule has 1 N–H and O–H groups in total. The van der Waals surface area contributed by atoms with Gasteiger partial charge < -0.3 is 10.1 Å². The van der Waals surface area contributed by atoms with Crippen LogP contribution in [0.4, 0.5) is 8.78 Å². The minimum absolute atomic E-state index is 0.0695. The zero-order chi connectivity index (χ0) is 11.1. The number of ether oxygens (including phenoxy) is 1. The van der Waals surface area contributed by atoms with Crippen molar-refractivity contribution < 1.29 is 13.5 Å². The lowest BCUT2D eigenvalue weighted by atomic mass is 10.1. The molecule has 1 aliphatic carbocycles. The predicted molar refractivity (Wildman–Crippen MR) is 51.6 cm³/mol. The highest BCUT2D eigenvalue weighted by molar-refractivity contribution is 4.96. The molecule has 0 aliphatic heterocycles. The van der Waals surface area contributed by atoms with Crippen molar-refractivity contribution in [1.82, 2.24) is 5.32 Å². The van der Waals surface area contributed by atoms with Crippen molar-refractivity contribution in [2.24, 2.45) is 5.92 Å². The maximum absolute atomic E-state index is 11.7. The summed E-state index contributed by atoms with van der Waals surface area (Å²) in [6.45, 7) is 0.308. The normalized spacial score (nSPS) is 25.7. The lowest BCUT2D eigenvalue weighted by Crippen LogP contribution is -2.34. The molecule has 5 heteroatoms. The molecule has 1 saturated carbocycles. The van der Waals surface area contributed by atoms with Crippen LogP contribution in [0.25, 0.3) is 0 Å². The molecule has 86 valence electrons. The average Bonchev–Trinajstić information content (AvgIpc) is 2.64. The minimum Gasteiger partial charge on any atom is -0.374 e. The van der Waals surface area contributed by atoms with Crippen molar-refractivity contribution in [3.05, 3.63) is 0 Å². The lowest BCUT2D eigenvalue weighted by Gasteiger charge is -2.15. The standard InChI is InChI=1S/C10H16F2N2O/c11-10(12)7-15-5-4-14-9-3-1-2-8(9)6-13/h8-10,14H,1-5,7H2. The molecule has 0 amide bonds. The van der Waals surface area contributed by atoms with E-state index in [9.17, 15) is 8.78 Å². The number of nitriles is 1. The van der Waals surface area contributed by atoms with Gasteiger partial charge in [-0.1, -0.05) is 6.42 Å². The highest BCUT2D eigenvalue weighted by Gasteiger charge is 2.26. The molecular weight excluding hydrogens is 202 g/mol. The van der Waals surface area contributed by atoms with Crippen LogP contribution in [0.5, 0.6) is 0 Å². The van der Waals surface area contributed by atoms with E-state index in [1.807, 2.05) is 0 Å². The molecule has 1 rings (SSSR count). The van der Waals surface area contributed by atoms with Crippen LogP contribution in [0.2, 0.25) is 0 Å². The van der Waals surface area contributed by atoms with Gasteiger partial charge in [-0.05, 0) is 12.8 Å². The lowest BCUT2D eigenvalue weighted by molar-refractivity contribution is 0.0181. The molecule has 0 radical (unpaired) electrons. The first-order valence-electron chi connectivity index (χ1n) is 5.23. The first-order valence-corrected chi connectivity index (χ1v) is 5.23. The molecule has 0 spiro atoms. The van der Waals surface area contributed by atoms with Crippen molar-refractivity contribution in [2.45, 2.75) is 31.7 Å². The van der Waals surface area contributed by atoms with Gasteiger partial charge >= 0.3 is 0 Å². The summed E-state index contributed by atoms with van der Waals surface area (Å²) in [5, 5.41) is 12.0. The highest BCUT2D eigenvalue weighted by Crippen LogP contribution is 2.24. The Morgan fingerprint density at radius 2 is 2.27 bits per heavy atom. The Kier molecular flexibility index (Phi) is 5.51. The maximum Gasteiger partial charge on any atom is 0.261 e. The predicted octanol–water partition coefficient (Wildman–Crippen LogP) is 1.55. The zero-order valence-electron chi connectivity index (χ0n) is 8.59. The Balaban J connectivity index is 2.02. The Hall–Kier alpha value is -0.730. The minimum atomic E-state index is -2.40. The summed E-state index contributed by atoms with van der Waals surface area (Å²) in [5.41, 5.74) is 0. The van der Waals surface area contributed by atoms with E-state index < -0.39 is 13.0 Å². The third kappa shape index (κ3) is 4.54. The van der Waals surface area contributed by atoms with Gasteiger partial charge in [-0.2, -0.15) is 5.26 Å². The fourth-order valence-electron chi connectivity index (χ4n) is 1.85. The van der Waals surface area contributed by atoms with Gasteiger partial charge in [0.05, 0.1) is 18.6 Å². The van der Waals surface area contributed by atoms with Gasteiger partial charge in [-0.25, -0.2) is 8.78 Å². The zero-order valence-corrected chi connectivity index (χ0v) is 8.59. The van der Waals surface area contributed by atoms with Crippen molar-refractivity contribution in [3.8, 4) is 6.07 Å². The van der Waals surface area contributed by atoms with Crippen molar-refractivity contribution in [2.75, 3.05) is 19.8 Å². The van der Waals surface area contributed by atoms with E-state index in [4.69, 9.17) is 10.00 Å². The van der Waals surface area contributed by atoms with Crippen LogP contribution >= 0.6 is 0 Å². The van der Waals surface area contributed by atoms with E-state index >= 15 is 0 Å². The fourth-order valence-corrected chi connectivity index (χ4v) is 1.85. The number of alkyl halides is 2. The third-order valence-electron chi connectivity index (χ3n) is 2.58. The van der Waals surface area contributed by atoms with Gasteiger partial charge in [0.1, 0.15) is 6.61 Å². The third-order valence-corrected chi connectivity index (χ3v) is 2.58. The number of rotatable bonds is 6. The fraction of sp³-hybridized carbons (Fsp3) is 0.900. The second kappa shape index (κ2) is 6.70. The summed E-state index contributed by atoms with van der Waals surface area (Å²) < 4.78 is 28.1. The largest absolute Gasteiger partial charge is 0.374 e. The van der Waals surface area contributed by atoms with Gasteiger partial charge in [0.25, 0.3) is 6.43 Å². The maximum atomic E-state index is 11.7. The molecule has 15 heavy (non-hydrogen) atoms. The molecule has 0 aromatic heterocycles. The van der Waals surface area contributed by atoms with Crippen molar-refractivity contribution in [1.29, 1.82) is 5.26 Å². The quantitative estimate of drug-likeness (QED) is 0.688. The number of hydrogen-bond acceptors (Lipinski definition) is 3. The van der Waals surface area contributed by atoms with Gasteiger partial charge in [-0.3, -0.25) is 0 Å². The van der Waals surface area contributed by atoms with Crippen LogP contribution in [0.1, 0.15) is 19.3 Å². The molecule has 0 heterocycles. The summed E-state index contributed by atoms with van der Waals surface area (Å²) in [4.78, 5) is 0. The average molecular weight is 218 g/mol. The summed E-state index contributed by atoms with van der Waals surface area (Å²) in [5.74, 6) is 0.0695. The first kappa shape index (κ1) is 12.3. The Bertz CT molecular complexity index is 218. The van der Waals surface area contributed by atoms with Crippen LogP contribution in [0.3, 0.4) is 0 Å². The van der Waals surface area contributed by atoms with Crippen molar-refractivity contribution in [3.63, 3.8) is 0 Å². The Morgan fingerprint density at radius 1 is 1.47 bits per heavy atom. The molecule has 0 aromatic rings. The molecule has 0 saturated heterocycles. The van der Waals surface area contributed by atoms with Crippen LogP contribution < -0.4 is 5.32 Å². The second-order valence-electron chi connectivity index (χ2n) is 3.69. The molecule has 3 nitrogen and oxygen atoms in total. The smallest absolute Gasteiger partial charge is 0.261 e. The van der Waals surface area contributed by atoms with Crippen LogP contribution in [-0.4, -0.2) is 32.2 Å². The SMILES string of the molecule is N#CC1CCCC1NCCOCC(F)F. The summed E-state index contributed by atoms with van der Waals surface area (Å²) in [6.07, 6.45) is 0.593. The molecule has 2 unspecified atom stereocenters. The van der Waals surface area contributed by atoms with Gasteiger partial charge in [0.2, 0.25) is 0 Å². The van der Waals surface area contributed by atoms with Crippen LogP contribution in [0, 0.1) is 17.2 Å². The second-order valence-corrected chi connectivity index (χ2v) is 3.69. The van der Waals surface area contributed by atoms with Gasteiger partial charge in [0, 0.05) is 12.6 Å². The molecule has 1 aliphatic rings. The summed E-state index contributed by atoms with van der Waals surface area (Å²) >= 11 is 0. The summed E-state index contributed by atoms with van der Waals surface area (Å²) in [7, 11) is 0. The number of nitrogens with zero attached hydrogens (tertiary/aromatic N) is 1. The van der Waals surface area contributed by atoms with Crippen LogP contribution in [-0.2, 0) is 4.74 Å². The molecule has 0 bridgehead atoms. The van der Waals surface area contributed by atoms with E-state index in [2.05, 4.69) is 11.4 Å². The van der Waals surface area contributed by atoms with E-state index in [-0.39, 0.29) is 18.6 Å². The van der Waals surface area contributed by atoms with Crippen LogP contribution in [0.15, 0.2) is 0 Å². The number of nitrogens with one attached hydrogen (secondary N) is 1.